The van der Waals surface area contributed by atoms with Crippen LogP contribution in [0.4, 0.5) is 17.3 Å². The van der Waals surface area contributed by atoms with E-state index in [0.29, 0.717) is 0 Å². The first-order valence-corrected chi connectivity index (χ1v) is 7.75. The van der Waals surface area contributed by atoms with Gasteiger partial charge >= 0.3 is 0 Å². The molecule has 122 valence electrons. The fourth-order valence-corrected chi connectivity index (χ4v) is 2.36. The van der Waals surface area contributed by atoms with Gasteiger partial charge in [0.15, 0.2) is 0 Å². The molecule has 0 saturated carbocycles. The smallest absolute Gasteiger partial charge is 0.135 e. The summed E-state index contributed by atoms with van der Waals surface area (Å²) in [7, 11) is 1.65. The van der Waals surface area contributed by atoms with Gasteiger partial charge in [-0.1, -0.05) is 29.8 Å². The molecule has 3 aromatic rings. The maximum atomic E-state index is 5.16. The van der Waals surface area contributed by atoms with Crippen molar-refractivity contribution in [1.82, 2.24) is 9.97 Å². The van der Waals surface area contributed by atoms with Crippen molar-refractivity contribution in [1.29, 1.82) is 0 Å². The molecule has 0 bridgehead atoms. The second-order valence-electron chi connectivity index (χ2n) is 5.48. The second kappa shape index (κ2) is 7.46. The summed E-state index contributed by atoms with van der Waals surface area (Å²) in [6, 6.07) is 18.0. The van der Waals surface area contributed by atoms with Crippen LogP contribution in [-0.2, 0) is 6.54 Å². The van der Waals surface area contributed by atoms with Gasteiger partial charge in [0.2, 0.25) is 0 Å². The molecule has 0 fully saturated rings. The number of benzene rings is 2. The number of hydrogen-bond donors (Lipinski definition) is 2. The Balaban J connectivity index is 1.65. The second-order valence-corrected chi connectivity index (χ2v) is 5.48. The number of methoxy groups -OCH3 is 1. The van der Waals surface area contributed by atoms with Gasteiger partial charge in [0.1, 0.15) is 23.7 Å². The van der Waals surface area contributed by atoms with Crippen molar-refractivity contribution in [2.24, 2.45) is 0 Å². The van der Waals surface area contributed by atoms with Crippen LogP contribution in [0.3, 0.4) is 0 Å². The van der Waals surface area contributed by atoms with E-state index in [1.54, 1.807) is 13.4 Å². The fraction of sp³-hybridized carbons (Fsp3) is 0.158. The van der Waals surface area contributed by atoms with E-state index in [1.807, 2.05) is 30.3 Å². The van der Waals surface area contributed by atoms with Crippen molar-refractivity contribution in [3.05, 3.63) is 72.1 Å². The lowest BCUT2D eigenvalue weighted by molar-refractivity contribution is 0.415. The highest BCUT2D eigenvalue weighted by atomic mass is 16.5. The topological polar surface area (TPSA) is 59.1 Å². The zero-order valence-electron chi connectivity index (χ0n) is 13.8. The number of hydrogen-bond acceptors (Lipinski definition) is 5. The average Bonchev–Trinajstić information content (AvgIpc) is 2.61. The van der Waals surface area contributed by atoms with E-state index in [-0.39, 0.29) is 0 Å². The molecule has 5 heteroatoms. The minimum absolute atomic E-state index is 0.723. The molecule has 2 aromatic carbocycles. The molecular weight excluding hydrogens is 300 g/mol. The SMILES string of the molecule is COc1ccc(Nc2cc(NCc3cccc(C)c3)ncn2)cc1. The largest absolute Gasteiger partial charge is 0.497 e. The molecule has 5 nitrogen and oxygen atoms in total. The summed E-state index contributed by atoms with van der Waals surface area (Å²) in [5.74, 6) is 2.34. The summed E-state index contributed by atoms with van der Waals surface area (Å²) in [5, 5.41) is 6.58. The zero-order chi connectivity index (χ0) is 16.8. The molecule has 0 atom stereocenters. The Hall–Kier alpha value is -3.08. The van der Waals surface area contributed by atoms with Crippen LogP contribution in [0, 0.1) is 6.92 Å². The molecule has 0 aliphatic heterocycles. The molecule has 0 spiro atoms. The first-order valence-electron chi connectivity index (χ1n) is 7.75. The number of aromatic nitrogens is 2. The normalized spacial score (nSPS) is 10.2. The van der Waals surface area contributed by atoms with Crippen LogP contribution in [0.2, 0.25) is 0 Å². The summed E-state index contributed by atoms with van der Waals surface area (Å²) in [6.45, 7) is 2.81. The van der Waals surface area contributed by atoms with Crippen LogP contribution in [0.15, 0.2) is 60.9 Å². The maximum Gasteiger partial charge on any atom is 0.135 e. The van der Waals surface area contributed by atoms with Crippen molar-refractivity contribution < 1.29 is 4.74 Å². The predicted molar refractivity (Wildman–Crippen MR) is 96.8 cm³/mol. The maximum absolute atomic E-state index is 5.16. The third-order valence-electron chi connectivity index (χ3n) is 3.59. The first kappa shape index (κ1) is 15.8. The molecule has 0 aliphatic rings. The summed E-state index contributed by atoms with van der Waals surface area (Å²) in [4.78, 5) is 8.52. The van der Waals surface area contributed by atoms with Crippen LogP contribution in [0.25, 0.3) is 0 Å². The molecule has 0 aliphatic carbocycles. The van der Waals surface area contributed by atoms with E-state index in [4.69, 9.17) is 4.74 Å². The van der Waals surface area contributed by atoms with E-state index in [9.17, 15) is 0 Å². The van der Waals surface area contributed by atoms with Crippen LogP contribution in [0.5, 0.6) is 5.75 Å². The molecule has 24 heavy (non-hydrogen) atoms. The fourth-order valence-electron chi connectivity index (χ4n) is 2.36. The average molecular weight is 320 g/mol. The van der Waals surface area contributed by atoms with Crippen molar-refractivity contribution in [2.45, 2.75) is 13.5 Å². The van der Waals surface area contributed by atoms with Crippen LogP contribution in [-0.4, -0.2) is 17.1 Å². The molecule has 0 unspecified atom stereocenters. The number of rotatable bonds is 6. The number of aryl methyl sites for hydroxylation is 1. The van der Waals surface area contributed by atoms with Crippen molar-refractivity contribution >= 4 is 17.3 Å². The van der Waals surface area contributed by atoms with Gasteiger partial charge in [0.05, 0.1) is 7.11 Å². The highest BCUT2D eigenvalue weighted by Gasteiger charge is 2.01. The molecule has 1 aromatic heterocycles. The van der Waals surface area contributed by atoms with Crippen molar-refractivity contribution in [3.8, 4) is 5.75 Å². The predicted octanol–water partition coefficient (Wildman–Crippen LogP) is 4.15. The molecule has 1 heterocycles. The van der Waals surface area contributed by atoms with E-state index in [1.165, 1.54) is 11.1 Å². The summed E-state index contributed by atoms with van der Waals surface area (Å²) in [6.07, 6.45) is 1.55. The van der Waals surface area contributed by atoms with Gasteiger partial charge in [-0.3, -0.25) is 0 Å². The Bertz CT molecular complexity index is 802. The lowest BCUT2D eigenvalue weighted by Crippen LogP contribution is -2.03. The van der Waals surface area contributed by atoms with Gasteiger partial charge < -0.3 is 15.4 Å². The van der Waals surface area contributed by atoms with E-state index in [0.717, 1.165) is 29.6 Å². The zero-order valence-corrected chi connectivity index (χ0v) is 13.8. The minimum atomic E-state index is 0.723. The van der Waals surface area contributed by atoms with Crippen LogP contribution < -0.4 is 15.4 Å². The lowest BCUT2D eigenvalue weighted by atomic mass is 10.1. The molecule has 0 amide bonds. The molecule has 0 radical (unpaired) electrons. The summed E-state index contributed by atoms with van der Waals surface area (Å²) in [5.41, 5.74) is 3.41. The van der Waals surface area contributed by atoms with E-state index < -0.39 is 0 Å². The lowest BCUT2D eigenvalue weighted by Gasteiger charge is -2.09. The number of anilines is 3. The standard InChI is InChI=1S/C19H20N4O/c1-14-4-3-5-15(10-14)12-20-18-11-19(22-13-21-18)23-16-6-8-17(24-2)9-7-16/h3-11,13H,12H2,1-2H3,(H2,20,21,22,23). The van der Waals surface area contributed by atoms with Gasteiger partial charge in [0, 0.05) is 18.3 Å². The van der Waals surface area contributed by atoms with Gasteiger partial charge in [-0.25, -0.2) is 9.97 Å². The first-order chi connectivity index (χ1) is 11.7. The molecule has 3 rings (SSSR count). The van der Waals surface area contributed by atoms with E-state index in [2.05, 4.69) is 51.8 Å². The van der Waals surface area contributed by atoms with Gasteiger partial charge in [-0.15, -0.1) is 0 Å². The van der Waals surface area contributed by atoms with Crippen LogP contribution >= 0.6 is 0 Å². The highest BCUT2D eigenvalue weighted by molar-refractivity contribution is 5.59. The molecule has 0 saturated heterocycles. The van der Waals surface area contributed by atoms with E-state index >= 15 is 0 Å². The Morgan fingerprint density at radius 3 is 2.50 bits per heavy atom. The third kappa shape index (κ3) is 4.23. The minimum Gasteiger partial charge on any atom is -0.497 e. The van der Waals surface area contributed by atoms with Gasteiger partial charge in [-0.05, 0) is 36.8 Å². The Morgan fingerprint density at radius 2 is 1.75 bits per heavy atom. The highest BCUT2D eigenvalue weighted by Crippen LogP contribution is 2.19. The molecule has 2 N–H and O–H groups in total. The number of nitrogens with zero attached hydrogens (tertiary/aromatic N) is 2. The Labute approximate surface area is 141 Å². The van der Waals surface area contributed by atoms with Crippen molar-refractivity contribution in [2.75, 3.05) is 17.7 Å². The quantitative estimate of drug-likeness (QED) is 0.714. The number of nitrogens with one attached hydrogen (secondary N) is 2. The molecular formula is C19H20N4O. The third-order valence-corrected chi connectivity index (χ3v) is 3.59. The monoisotopic (exact) mass is 320 g/mol. The van der Waals surface area contributed by atoms with Gasteiger partial charge in [-0.2, -0.15) is 0 Å². The van der Waals surface area contributed by atoms with Gasteiger partial charge in [0.25, 0.3) is 0 Å². The number of ether oxygens (including phenoxy) is 1. The Morgan fingerprint density at radius 1 is 0.958 bits per heavy atom. The Kier molecular flexibility index (Phi) is 4.91. The van der Waals surface area contributed by atoms with Crippen molar-refractivity contribution in [3.63, 3.8) is 0 Å². The summed E-state index contributed by atoms with van der Waals surface area (Å²) < 4.78 is 5.16. The van der Waals surface area contributed by atoms with Crippen LogP contribution in [0.1, 0.15) is 11.1 Å². The summed E-state index contributed by atoms with van der Waals surface area (Å²) >= 11 is 0.